The van der Waals surface area contributed by atoms with Gasteiger partial charge in [-0.1, -0.05) is 6.07 Å². The summed E-state index contributed by atoms with van der Waals surface area (Å²) in [6, 6.07) is 6.09. The number of hydrogen-bond donors (Lipinski definition) is 3. The molecular formula is C14H25N5. The Hall–Kier alpha value is -1.01. The summed E-state index contributed by atoms with van der Waals surface area (Å²) in [5.74, 6) is 0. The van der Waals surface area contributed by atoms with Crippen molar-refractivity contribution in [1.29, 1.82) is 0 Å². The average molecular weight is 263 g/mol. The van der Waals surface area contributed by atoms with Gasteiger partial charge in [0.2, 0.25) is 0 Å². The van der Waals surface area contributed by atoms with Gasteiger partial charge >= 0.3 is 0 Å². The fourth-order valence-electron chi connectivity index (χ4n) is 2.19. The molecule has 3 N–H and O–H groups in total. The van der Waals surface area contributed by atoms with Crippen LogP contribution in [0.4, 0.5) is 0 Å². The van der Waals surface area contributed by atoms with Gasteiger partial charge in [-0.05, 0) is 12.1 Å². The van der Waals surface area contributed by atoms with Gasteiger partial charge in [0, 0.05) is 65.1 Å². The Morgan fingerprint density at radius 3 is 2.05 bits per heavy atom. The van der Waals surface area contributed by atoms with Gasteiger partial charge in [0.05, 0.1) is 5.69 Å². The van der Waals surface area contributed by atoms with E-state index in [2.05, 4.69) is 31.9 Å². The number of pyridine rings is 1. The highest BCUT2D eigenvalue weighted by atomic mass is 15.2. The van der Waals surface area contributed by atoms with E-state index in [0.717, 1.165) is 58.9 Å². The summed E-state index contributed by atoms with van der Waals surface area (Å²) in [4.78, 5) is 6.74. The summed E-state index contributed by atoms with van der Waals surface area (Å²) < 4.78 is 0. The van der Waals surface area contributed by atoms with Crippen molar-refractivity contribution >= 4 is 0 Å². The molecule has 5 heteroatoms. The number of nitrogens with one attached hydrogen (secondary N) is 3. The zero-order valence-electron chi connectivity index (χ0n) is 11.6. The van der Waals surface area contributed by atoms with Crippen LogP contribution in [-0.4, -0.2) is 62.2 Å². The zero-order valence-corrected chi connectivity index (χ0v) is 11.6. The van der Waals surface area contributed by atoms with Crippen LogP contribution in [0, 0.1) is 0 Å². The van der Waals surface area contributed by atoms with Crippen molar-refractivity contribution < 1.29 is 0 Å². The maximum atomic E-state index is 4.31. The lowest BCUT2D eigenvalue weighted by atomic mass is 10.3. The third-order valence-corrected chi connectivity index (χ3v) is 3.28. The molecule has 3 heterocycles. The molecule has 3 rings (SSSR count). The van der Waals surface area contributed by atoms with Crippen LogP contribution in [0.5, 0.6) is 0 Å². The van der Waals surface area contributed by atoms with Gasteiger partial charge < -0.3 is 16.0 Å². The van der Waals surface area contributed by atoms with E-state index in [1.54, 1.807) is 0 Å². The molecule has 0 unspecified atom stereocenters. The standard InChI is InChI=1S/C10H15N3.C4H10N2/c1-2-4-12-10(3-1)9-13-7-5-11-6-8-13;1-2-6-4-3-5-1/h1-4,11H,5-9H2;5-6H,1-4H2. The minimum absolute atomic E-state index is 0.989. The molecule has 0 bridgehead atoms. The highest BCUT2D eigenvalue weighted by Gasteiger charge is 2.09. The monoisotopic (exact) mass is 263 g/mol. The van der Waals surface area contributed by atoms with E-state index in [4.69, 9.17) is 0 Å². The molecule has 1 aromatic heterocycles. The SMILES string of the molecule is C1CNCCN1.c1ccc(CN2CCNCC2)nc1. The smallest absolute Gasteiger partial charge is 0.0543 e. The van der Waals surface area contributed by atoms with Crippen molar-refractivity contribution in [3.05, 3.63) is 30.1 Å². The Morgan fingerprint density at radius 1 is 0.895 bits per heavy atom. The van der Waals surface area contributed by atoms with Crippen molar-refractivity contribution in [1.82, 2.24) is 25.8 Å². The van der Waals surface area contributed by atoms with Crippen LogP contribution in [0.2, 0.25) is 0 Å². The number of hydrogen-bond acceptors (Lipinski definition) is 5. The first-order chi connectivity index (χ1) is 9.45. The van der Waals surface area contributed by atoms with Gasteiger partial charge in [0.1, 0.15) is 0 Å². The van der Waals surface area contributed by atoms with Crippen molar-refractivity contribution in [3.8, 4) is 0 Å². The second-order valence-electron chi connectivity index (χ2n) is 4.85. The van der Waals surface area contributed by atoms with Gasteiger partial charge in [-0.15, -0.1) is 0 Å². The van der Waals surface area contributed by atoms with Crippen molar-refractivity contribution in [2.45, 2.75) is 6.54 Å². The molecule has 2 fully saturated rings. The second-order valence-corrected chi connectivity index (χ2v) is 4.85. The predicted molar refractivity (Wildman–Crippen MR) is 78.1 cm³/mol. The normalized spacial score (nSPS) is 20.4. The Bertz CT molecular complexity index is 308. The molecule has 5 nitrogen and oxygen atoms in total. The number of piperazine rings is 2. The summed E-state index contributed by atoms with van der Waals surface area (Å²) >= 11 is 0. The summed E-state index contributed by atoms with van der Waals surface area (Å²) in [7, 11) is 0. The summed E-state index contributed by atoms with van der Waals surface area (Å²) in [6.07, 6.45) is 1.86. The molecule has 19 heavy (non-hydrogen) atoms. The first-order valence-electron chi connectivity index (χ1n) is 7.19. The Morgan fingerprint density at radius 2 is 1.53 bits per heavy atom. The first-order valence-corrected chi connectivity index (χ1v) is 7.19. The van der Waals surface area contributed by atoms with Gasteiger partial charge in [-0.25, -0.2) is 0 Å². The van der Waals surface area contributed by atoms with Crippen molar-refractivity contribution in [2.75, 3.05) is 52.4 Å². The minimum atomic E-state index is 0.989. The van der Waals surface area contributed by atoms with Gasteiger partial charge in [-0.2, -0.15) is 0 Å². The quantitative estimate of drug-likeness (QED) is 0.682. The van der Waals surface area contributed by atoms with Crippen LogP contribution in [-0.2, 0) is 6.54 Å². The summed E-state index contributed by atoms with van der Waals surface area (Å²) in [5, 5.41) is 9.78. The molecule has 0 saturated carbocycles. The first kappa shape index (κ1) is 14.4. The number of rotatable bonds is 2. The molecule has 2 aliphatic rings. The van der Waals surface area contributed by atoms with E-state index in [9.17, 15) is 0 Å². The highest BCUT2D eigenvalue weighted by Crippen LogP contribution is 2.01. The molecular weight excluding hydrogens is 238 g/mol. The predicted octanol–water partition coefficient (Wildman–Crippen LogP) is -0.334. The number of nitrogens with zero attached hydrogens (tertiary/aromatic N) is 2. The number of aromatic nitrogens is 1. The highest BCUT2D eigenvalue weighted by molar-refractivity contribution is 5.03. The maximum absolute atomic E-state index is 4.31. The van der Waals surface area contributed by atoms with Gasteiger partial charge in [-0.3, -0.25) is 9.88 Å². The maximum Gasteiger partial charge on any atom is 0.0543 e. The van der Waals surface area contributed by atoms with E-state index in [-0.39, 0.29) is 0 Å². The van der Waals surface area contributed by atoms with Crippen molar-refractivity contribution in [2.24, 2.45) is 0 Å². The fraction of sp³-hybridized carbons (Fsp3) is 0.643. The molecule has 0 aromatic carbocycles. The van der Waals surface area contributed by atoms with Crippen LogP contribution < -0.4 is 16.0 Å². The van der Waals surface area contributed by atoms with Crippen LogP contribution in [0.3, 0.4) is 0 Å². The minimum Gasteiger partial charge on any atom is -0.314 e. The third kappa shape index (κ3) is 6.11. The van der Waals surface area contributed by atoms with Crippen LogP contribution in [0.25, 0.3) is 0 Å². The molecule has 2 saturated heterocycles. The van der Waals surface area contributed by atoms with E-state index >= 15 is 0 Å². The molecule has 0 amide bonds. The molecule has 0 radical (unpaired) electrons. The largest absolute Gasteiger partial charge is 0.314 e. The molecule has 0 atom stereocenters. The average Bonchev–Trinajstić information content (AvgIpc) is 2.52. The molecule has 106 valence electrons. The third-order valence-electron chi connectivity index (χ3n) is 3.28. The van der Waals surface area contributed by atoms with E-state index < -0.39 is 0 Å². The summed E-state index contributed by atoms with van der Waals surface area (Å²) in [5.41, 5.74) is 1.17. The van der Waals surface area contributed by atoms with Gasteiger partial charge in [0.15, 0.2) is 0 Å². The van der Waals surface area contributed by atoms with Crippen LogP contribution in [0.1, 0.15) is 5.69 Å². The molecule has 0 aliphatic carbocycles. The zero-order chi connectivity index (χ0) is 13.2. The van der Waals surface area contributed by atoms with E-state index in [0.29, 0.717) is 0 Å². The molecule has 1 aromatic rings. The van der Waals surface area contributed by atoms with Crippen LogP contribution in [0.15, 0.2) is 24.4 Å². The van der Waals surface area contributed by atoms with E-state index in [1.165, 1.54) is 5.69 Å². The second kappa shape index (κ2) is 8.98. The fourth-order valence-corrected chi connectivity index (χ4v) is 2.19. The molecule has 0 spiro atoms. The Labute approximate surface area is 115 Å². The Balaban J connectivity index is 0.000000186. The van der Waals surface area contributed by atoms with E-state index in [1.807, 2.05) is 18.3 Å². The Kier molecular flexibility index (Phi) is 6.81. The van der Waals surface area contributed by atoms with Gasteiger partial charge in [0.25, 0.3) is 0 Å². The molecule has 2 aliphatic heterocycles. The lowest BCUT2D eigenvalue weighted by molar-refractivity contribution is 0.231. The van der Waals surface area contributed by atoms with Crippen LogP contribution >= 0.6 is 0 Å². The lowest BCUT2D eigenvalue weighted by Crippen LogP contribution is -2.43. The summed E-state index contributed by atoms with van der Waals surface area (Å²) in [6.45, 7) is 10.0. The van der Waals surface area contributed by atoms with Crippen molar-refractivity contribution in [3.63, 3.8) is 0 Å². The topological polar surface area (TPSA) is 52.2 Å². The lowest BCUT2D eigenvalue weighted by Gasteiger charge is -2.26.